The van der Waals surface area contributed by atoms with Crippen LogP contribution in [0.15, 0.2) is 181 Å². The van der Waals surface area contributed by atoms with Gasteiger partial charge in [0.1, 0.15) is 60.5 Å². The maximum atomic E-state index is 12.0. The van der Waals surface area contributed by atoms with Crippen molar-refractivity contribution >= 4 is 47.4 Å². The number of rotatable bonds is 34. The molecule has 8 N–H and O–H groups in total. The van der Waals surface area contributed by atoms with E-state index in [2.05, 4.69) is 240 Å². The maximum Gasteiger partial charge on any atom is 0.486 e. The van der Waals surface area contributed by atoms with Crippen LogP contribution in [0.4, 0.5) is 21.0 Å². The minimum atomic E-state index is -1.53. The summed E-state index contributed by atoms with van der Waals surface area (Å²) in [5.74, 6) is 10.3. The summed E-state index contributed by atoms with van der Waals surface area (Å²) in [6.07, 6.45) is -3.91. The Labute approximate surface area is 620 Å². The van der Waals surface area contributed by atoms with Gasteiger partial charge >= 0.3 is 23.6 Å². The summed E-state index contributed by atoms with van der Waals surface area (Å²) in [6.45, 7) is 2.56. The van der Waals surface area contributed by atoms with Gasteiger partial charge in [0.25, 0.3) is 22.5 Å². The van der Waals surface area contributed by atoms with Gasteiger partial charge in [0.15, 0.2) is 0 Å². The highest BCUT2D eigenvalue weighted by Gasteiger charge is 2.36. The monoisotopic (exact) mass is 1590 g/mol. The van der Waals surface area contributed by atoms with E-state index in [1.807, 2.05) is 0 Å². The van der Waals surface area contributed by atoms with Gasteiger partial charge in [-0.05, 0) is 101 Å². The standard InChI is InChI=1S/C18H17N3O8.C18H15P.C12H14N2O6.C8H14N2O23.C6H5NO3/c22-10-15-14(23)8-16(29-15)20-9-11(17(24)19-18(20)25)2-1-7-28-13-5-3-12(4-6-13)21(26)27;1-4-10-16(11-5-1)19(17-12-6-2-7-13-17)18-14-8-3-9-15-18;15-3-1-2-7-5-14(12(19)13-11(7)18)10-4-8(17)9(6-16)20-10;1-3-5-13-7(11)9-10-8(12)15-17-19-21-23-25-27-29-31-33-32-30-28-26-24-22-20-18-16-14-6-4-2;8-6-3-1-5(2-4-6)7(9)10/h3-6,9,14-16,22-23H,7-8,10H2,(H,19,24,25);1-15H;5,8-10,15-17H,3-4,6H2,(H,13,18,19);3-6H2,1-2H3;1-4,8H. The van der Waals surface area contributed by atoms with Crippen LogP contribution < -0.4 is 43.1 Å². The topological polar surface area (TPSA) is 598 Å². The van der Waals surface area contributed by atoms with E-state index in [4.69, 9.17) is 34.6 Å². The fourth-order valence-corrected chi connectivity index (χ4v) is 10.5. The molecule has 0 saturated carbocycles. The number of nitrogens with one attached hydrogen (secondary N) is 2. The van der Waals surface area contributed by atoms with Crippen molar-refractivity contribution in [2.24, 2.45) is 10.2 Å². The number of aliphatic hydroxyl groups is 5. The van der Waals surface area contributed by atoms with Gasteiger partial charge in [-0.15, -0.1) is 0 Å². The van der Waals surface area contributed by atoms with Gasteiger partial charge in [0, 0.05) is 99.9 Å². The molecule has 9 rings (SSSR count). The molecule has 49 heteroatoms. The molecule has 2 amide bonds. The number of carbonyl (C=O) groups excluding carboxylic acids is 2. The van der Waals surface area contributed by atoms with Crippen LogP contribution >= 0.6 is 7.92 Å². The smallest absolute Gasteiger partial charge is 0.486 e. The van der Waals surface area contributed by atoms with E-state index in [1.54, 1.807) is 13.8 Å². The van der Waals surface area contributed by atoms with E-state index in [9.17, 15) is 59.2 Å². The number of carbonyl (C=O) groups is 2. The third-order valence-corrected chi connectivity index (χ3v) is 15.3. The lowest BCUT2D eigenvalue weighted by molar-refractivity contribution is -0.893. The predicted molar refractivity (Wildman–Crippen MR) is 354 cm³/mol. The number of hydrogen-bond acceptors (Lipinski definition) is 40. The molecule has 2 aromatic heterocycles. The number of aromatic nitrogens is 4. The summed E-state index contributed by atoms with van der Waals surface area (Å²) >= 11 is 0. The van der Waals surface area contributed by atoms with Crippen LogP contribution in [0, 0.1) is 43.9 Å². The second kappa shape index (κ2) is 52.9. The molecule has 7 aromatic rings. The number of hydrogen-bond donors (Lipinski definition) is 8. The van der Waals surface area contributed by atoms with Crippen LogP contribution in [0.1, 0.15) is 63.1 Å². The Morgan fingerprint density at radius 1 is 0.532 bits per heavy atom. The SMILES string of the molecule is CCCOOOOOOOOOOOOOOOOOOOOC(=O)N=NC(=O)OCCC.O=[N+]([O-])c1ccc(O)cc1.O=c1[nH]c(=O)n(C2CC(O)C(CO)O2)cc1C#CCO.O=c1[nH]c(=O)n(C2CC(O)C(CO)O2)cc1C#CCOc1ccc([N+](=O)[O-])cc1.c1ccc(P(c2ccccc2)c2ccccc2)cc1. The molecule has 2 aliphatic rings. The molecule has 2 saturated heterocycles. The number of ether oxygens (including phenoxy) is 4. The second-order valence-corrected chi connectivity index (χ2v) is 22.5. The van der Waals surface area contributed by atoms with Crippen molar-refractivity contribution in [3.63, 3.8) is 0 Å². The Morgan fingerprint density at radius 2 is 0.910 bits per heavy atom. The summed E-state index contributed by atoms with van der Waals surface area (Å²) in [6, 6.07) is 42.8. The fourth-order valence-electron chi connectivity index (χ4n) is 8.16. The van der Waals surface area contributed by atoms with Crippen molar-refractivity contribution in [3.05, 3.63) is 225 Å². The molecule has 111 heavy (non-hydrogen) atoms. The zero-order valence-corrected chi connectivity index (χ0v) is 58.1. The normalized spacial score (nSPS) is 15.9. The Hall–Kier alpha value is -11.1. The van der Waals surface area contributed by atoms with Crippen LogP contribution in [0.5, 0.6) is 11.5 Å². The van der Waals surface area contributed by atoms with Crippen molar-refractivity contribution in [1.82, 2.24) is 19.1 Å². The predicted octanol–water partition coefficient (Wildman–Crippen LogP) is 3.01. The number of phenolic OH excluding ortho intramolecular Hbond substituents is 1. The highest BCUT2D eigenvalue weighted by atomic mass is 31.1. The number of non-ortho nitro benzene ring substituents is 2. The first kappa shape index (κ1) is 90.5. The fraction of sp³-hybridized carbons (Fsp3) is 0.290. The van der Waals surface area contributed by atoms with Gasteiger partial charge < -0.3 is 49.6 Å². The first-order valence-corrected chi connectivity index (χ1v) is 32.5. The molecule has 6 atom stereocenters. The number of aromatic hydroxyl groups is 1. The molecule has 2 aliphatic heterocycles. The largest absolute Gasteiger partial charge is 0.508 e. The molecule has 5 aromatic carbocycles. The minimum Gasteiger partial charge on any atom is -0.508 e. The molecule has 48 nitrogen and oxygen atoms in total. The molecular weight excluding hydrogens is 1530 g/mol. The van der Waals surface area contributed by atoms with E-state index < -0.39 is 103 Å². The molecule has 0 spiro atoms. The summed E-state index contributed by atoms with van der Waals surface area (Å²) in [4.78, 5) is 101. The number of amides is 2. The van der Waals surface area contributed by atoms with Gasteiger partial charge in [-0.2, -0.15) is 0 Å². The Kier molecular flexibility index (Phi) is 43.1. The van der Waals surface area contributed by atoms with E-state index in [1.165, 1.54) is 76.8 Å². The van der Waals surface area contributed by atoms with Gasteiger partial charge in [-0.3, -0.25) is 48.9 Å². The molecule has 0 bridgehead atoms. The van der Waals surface area contributed by atoms with Crippen molar-refractivity contribution in [3.8, 4) is 35.2 Å². The molecular formula is C62H65N8O40P. The van der Waals surface area contributed by atoms with Crippen LogP contribution in [-0.4, -0.2) is 136 Å². The van der Waals surface area contributed by atoms with Crippen LogP contribution in [0.25, 0.3) is 0 Å². The van der Waals surface area contributed by atoms with E-state index >= 15 is 0 Å². The lowest BCUT2D eigenvalue weighted by Gasteiger charge is -2.18. The molecule has 4 heterocycles. The van der Waals surface area contributed by atoms with Crippen LogP contribution in [-0.2, 0) is 115 Å². The Morgan fingerprint density at radius 3 is 1.29 bits per heavy atom. The summed E-state index contributed by atoms with van der Waals surface area (Å²) in [5, 5.41) is 150. The number of aliphatic hydroxyl groups excluding tert-OH is 5. The number of azo groups is 1. The quantitative estimate of drug-likeness (QED) is 0.00546. The Bertz CT molecular complexity index is 4210. The minimum absolute atomic E-state index is 0.00388. The lowest BCUT2D eigenvalue weighted by Crippen LogP contribution is -2.33. The van der Waals surface area contributed by atoms with Gasteiger partial charge in [0.05, 0.1) is 48.5 Å². The van der Waals surface area contributed by atoms with Gasteiger partial charge in [0.2, 0.25) is 0 Å². The summed E-state index contributed by atoms with van der Waals surface area (Å²) < 4.78 is 22.7. The number of nitro benzene ring substituents is 2. The molecule has 2 fully saturated rings. The Balaban J connectivity index is 0.000000258. The van der Waals surface area contributed by atoms with E-state index in [0.717, 1.165) is 9.13 Å². The summed E-state index contributed by atoms with van der Waals surface area (Å²) in [5.41, 5.74) is -2.86. The zero-order chi connectivity index (χ0) is 80.4. The molecule has 0 aliphatic carbocycles. The number of phenols is 1. The molecule has 6 unspecified atom stereocenters. The maximum absolute atomic E-state index is 12.0. The van der Waals surface area contributed by atoms with Crippen molar-refractivity contribution < 1.29 is 169 Å². The van der Waals surface area contributed by atoms with E-state index in [-0.39, 0.29) is 67.5 Å². The lowest BCUT2D eigenvalue weighted by atomic mass is 10.2. The van der Waals surface area contributed by atoms with Crippen molar-refractivity contribution in [2.75, 3.05) is 39.6 Å². The number of benzene rings is 5. The average molecular weight is 1590 g/mol. The third kappa shape index (κ3) is 34.6. The third-order valence-electron chi connectivity index (χ3n) is 12.9. The number of nitro groups is 2. The average Bonchev–Trinajstić information content (AvgIpc) is 1.18. The first-order chi connectivity index (χ1) is 53.8. The van der Waals surface area contributed by atoms with Gasteiger partial charge in [-0.25, -0.2) is 29.0 Å². The zero-order valence-electron chi connectivity index (χ0n) is 57.2. The van der Waals surface area contributed by atoms with Crippen molar-refractivity contribution in [2.45, 2.75) is 76.4 Å². The highest BCUT2D eigenvalue weighted by molar-refractivity contribution is 7.79. The van der Waals surface area contributed by atoms with Crippen molar-refractivity contribution in [1.29, 1.82) is 0 Å². The number of aromatic amines is 2. The van der Waals surface area contributed by atoms with Crippen LogP contribution in [0.3, 0.4) is 0 Å². The number of nitrogens with zero attached hydrogens (tertiary/aromatic N) is 6. The van der Waals surface area contributed by atoms with Gasteiger partial charge in [-0.1, -0.05) is 139 Å². The number of H-pyrrole nitrogens is 2. The van der Waals surface area contributed by atoms with Crippen LogP contribution in [0.2, 0.25) is 0 Å². The van der Waals surface area contributed by atoms with E-state index in [0.29, 0.717) is 18.6 Å². The summed E-state index contributed by atoms with van der Waals surface area (Å²) in [7, 11) is -0.446. The first-order valence-electron chi connectivity index (χ1n) is 31.2. The second-order valence-electron chi connectivity index (χ2n) is 20.3. The molecule has 598 valence electrons. The molecule has 0 radical (unpaired) electrons. The highest BCUT2D eigenvalue weighted by Crippen LogP contribution is 2.33.